The van der Waals surface area contributed by atoms with Crippen LogP contribution in [0.2, 0.25) is 0 Å². The van der Waals surface area contributed by atoms with Crippen molar-refractivity contribution in [2.45, 2.75) is 135 Å². The molecule has 0 aromatic carbocycles. The molecule has 11 nitrogen and oxygen atoms in total. The van der Waals surface area contributed by atoms with Crippen molar-refractivity contribution >= 4 is 23.6 Å². The molecule has 334 valence electrons. The number of nitrogens with one attached hydrogen (secondary N) is 3. The van der Waals surface area contributed by atoms with E-state index in [1.54, 1.807) is 5.57 Å². The number of carbonyl (C=O) groups is 2. The molecule has 6 aliphatic carbocycles. The first kappa shape index (κ1) is 42.3. The summed E-state index contributed by atoms with van der Waals surface area (Å²) in [7, 11) is 1.42. The van der Waals surface area contributed by atoms with Crippen LogP contribution in [0.1, 0.15) is 139 Å². The molecule has 0 spiro atoms. The minimum absolute atomic E-state index is 0.0111. The maximum Gasteiger partial charge on any atom is 0.407 e. The highest BCUT2D eigenvalue weighted by Gasteiger charge is 2.53. The van der Waals surface area contributed by atoms with Crippen molar-refractivity contribution in [2.24, 2.45) is 53.1 Å². The highest BCUT2D eigenvalue weighted by molar-refractivity contribution is 5.83. The lowest BCUT2D eigenvalue weighted by Crippen LogP contribution is -2.50. The molecule has 63 heavy (non-hydrogen) atoms. The number of nitrogens with zero attached hydrogens (tertiary/aromatic N) is 4. The van der Waals surface area contributed by atoms with Gasteiger partial charge < -0.3 is 30.7 Å². The molecule has 5 N–H and O–H groups in total. The Labute approximate surface area is 373 Å². The number of fused-ring (bicyclic) bond motifs is 6. The smallest absolute Gasteiger partial charge is 0.407 e. The number of amides is 2. The van der Waals surface area contributed by atoms with Gasteiger partial charge in [0.15, 0.2) is 0 Å². The summed E-state index contributed by atoms with van der Waals surface area (Å²) in [4.78, 5) is 48.1. The number of carbonyl (C=O) groups excluding carboxylic acids is 2. The number of aromatic amines is 2. The number of methoxy groups -OCH3 is 1. The lowest BCUT2D eigenvalue weighted by atomic mass is 9.66. The Morgan fingerprint density at radius 1 is 0.905 bits per heavy atom. The van der Waals surface area contributed by atoms with E-state index < -0.39 is 12.1 Å². The van der Waals surface area contributed by atoms with E-state index in [0.29, 0.717) is 24.3 Å². The van der Waals surface area contributed by atoms with Gasteiger partial charge in [0.05, 0.1) is 42.8 Å². The number of hydrogen-bond donors (Lipinski definition) is 4. The number of aryl methyl sites for hydroxylation is 1. The van der Waals surface area contributed by atoms with Gasteiger partial charge in [0.1, 0.15) is 11.6 Å². The third-order valence-corrected chi connectivity index (χ3v) is 16.8. The average molecular weight is 853 g/mol. The van der Waals surface area contributed by atoms with Crippen LogP contribution >= 0.6 is 0 Å². The van der Waals surface area contributed by atoms with Gasteiger partial charge in [-0.1, -0.05) is 52.0 Å². The first-order chi connectivity index (χ1) is 30.5. The maximum absolute atomic E-state index is 13.6. The number of allylic oxidation sites excluding steroid dienone is 9. The minimum atomic E-state index is -0.479. The first-order valence-electron chi connectivity index (χ1n) is 24.3. The molecular weight excluding hydrogens is 785 g/mol. The van der Waals surface area contributed by atoms with Crippen molar-refractivity contribution in [1.29, 1.82) is 0 Å². The number of aromatic nitrogens is 4. The van der Waals surface area contributed by atoms with Crippen molar-refractivity contribution in [2.75, 3.05) is 20.2 Å². The fourth-order valence-electron chi connectivity index (χ4n) is 13.2. The molecule has 11 atom stereocenters. The first-order valence-corrected chi connectivity index (χ1v) is 24.3. The summed E-state index contributed by atoms with van der Waals surface area (Å²) >= 11 is 0. The Kier molecular flexibility index (Phi) is 11.4. The summed E-state index contributed by atoms with van der Waals surface area (Å²) in [6.45, 7) is 9.92. The van der Waals surface area contributed by atoms with E-state index >= 15 is 0 Å². The largest absolute Gasteiger partial charge is 0.453 e. The summed E-state index contributed by atoms with van der Waals surface area (Å²) in [5.74, 6) is 8.57. The van der Waals surface area contributed by atoms with E-state index in [2.05, 4.69) is 75.2 Å². The van der Waals surface area contributed by atoms with Crippen LogP contribution in [0.3, 0.4) is 0 Å². The van der Waals surface area contributed by atoms with Gasteiger partial charge in [0.2, 0.25) is 5.91 Å². The third kappa shape index (κ3) is 7.57. The van der Waals surface area contributed by atoms with Gasteiger partial charge in [0.25, 0.3) is 0 Å². The predicted molar refractivity (Wildman–Crippen MR) is 246 cm³/mol. The molecule has 2 bridgehead atoms. The third-order valence-electron chi connectivity index (χ3n) is 16.8. The highest BCUT2D eigenvalue weighted by Crippen LogP contribution is 2.61. The molecule has 5 fully saturated rings. The van der Waals surface area contributed by atoms with E-state index in [1.807, 2.05) is 20.0 Å². The number of terminal acetylenes is 1. The Balaban J connectivity index is 0.889. The lowest BCUT2D eigenvalue weighted by molar-refractivity contribution is -0.138. The lowest BCUT2D eigenvalue weighted by Gasteiger charge is -2.40. The van der Waals surface area contributed by atoms with Gasteiger partial charge in [-0.25, -0.2) is 14.8 Å². The Morgan fingerprint density at radius 3 is 2.41 bits per heavy atom. The molecule has 10 rings (SSSR count). The molecule has 2 aromatic heterocycles. The summed E-state index contributed by atoms with van der Waals surface area (Å²) < 4.78 is 4.97. The summed E-state index contributed by atoms with van der Waals surface area (Å²) in [6.07, 6.45) is 33.0. The Morgan fingerprint density at radius 2 is 1.68 bits per heavy atom. The molecular formula is C52H68N8O3. The number of H-pyrrole nitrogens is 2. The van der Waals surface area contributed by atoms with Gasteiger partial charge in [-0.3, -0.25) is 9.69 Å². The normalized spacial score (nSPS) is 32.0. The number of hydrogen-bond acceptors (Lipinski definition) is 7. The molecule has 11 unspecified atom stereocenters. The standard InChI is InChI=1S/C52H68N8O3/c1-7-30-9-8-22-59(27-44(28(2)3)58-52(62)63-6)47(30)50-55-41-21-16-34(25-42(41)56-50)37-19-20-38(45-39-18-15-33(39)24-40(37)45)31-10-12-32(13-11-31)43-26-54-49(57-43)48-35-14-17-36(23-35)60(48)51(61)46(53)29(4)5/h1,10,12,19-20,25-26,28-30,33,35-36,39-40,44-48H,8-9,11,13-18,21-24,27,53H2,2-6H3,(H,54,57)(H,55,56)(H,58,62). The van der Waals surface area contributed by atoms with Crippen LogP contribution in [-0.4, -0.2) is 80.1 Å². The van der Waals surface area contributed by atoms with Crippen molar-refractivity contribution in [3.05, 3.63) is 81.5 Å². The zero-order chi connectivity index (χ0) is 43.7. The van der Waals surface area contributed by atoms with E-state index in [9.17, 15) is 9.59 Å². The second-order valence-electron chi connectivity index (χ2n) is 20.9. The SMILES string of the molecule is C#CC1CCCN(CC(NC(=O)OC)C(C)C)C1c1nc2c([nH]1)CCC(C1=CC=C(C3=CC=C(c4cnc(C5C6CCC(C6)N5C(=O)C(N)C(C)C)[nH]4)CC3)C3C1CC1CCC13)=C2. The monoisotopic (exact) mass is 853 g/mol. The van der Waals surface area contributed by atoms with Crippen LogP contribution in [0.4, 0.5) is 4.79 Å². The van der Waals surface area contributed by atoms with Crippen LogP contribution in [0, 0.1) is 59.7 Å². The number of piperidine rings is 2. The number of imidazole rings is 2. The van der Waals surface area contributed by atoms with Gasteiger partial charge in [0, 0.05) is 30.2 Å². The second kappa shape index (κ2) is 17.0. The molecule has 4 heterocycles. The van der Waals surface area contributed by atoms with Gasteiger partial charge >= 0.3 is 6.09 Å². The number of ether oxygens (including phenoxy) is 1. The van der Waals surface area contributed by atoms with Crippen molar-refractivity contribution in [1.82, 2.24) is 35.1 Å². The molecule has 2 aromatic rings. The quantitative estimate of drug-likeness (QED) is 0.166. The zero-order valence-corrected chi connectivity index (χ0v) is 38.0. The molecule has 8 aliphatic rings. The molecule has 3 saturated carbocycles. The molecule has 2 saturated heterocycles. The fraction of sp³-hybridized carbons (Fsp3) is 0.615. The van der Waals surface area contributed by atoms with E-state index in [-0.39, 0.29) is 47.8 Å². The van der Waals surface area contributed by atoms with Gasteiger partial charge in [-0.2, -0.15) is 0 Å². The summed E-state index contributed by atoms with van der Waals surface area (Å²) in [5, 5.41) is 3.06. The van der Waals surface area contributed by atoms with E-state index in [0.717, 1.165) is 99.2 Å². The maximum atomic E-state index is 13.6. The minimum Gasteiger partial charge on any atom is -0.453 e. The van der Waals surface area contributed by atoms with Gasteiger partial charge in [-0.05, 0) is 159 Å². The second-order valence-corrected chi connectivity index (χ2v) is 20.9. The Hall–Kier alpha value is -4.66. The summed E-state index contributed by atoms with van der Waals surface area (Å²) in [5.41, 5.74) is 17.1. The van der Waals surface area contributed by atoms with Crippen molar-refractivity contribution < 1.29 is 14.3 Å². The van der Waals surface area contributed by atoms with Crippen molar-refractivity contribution in [3.63, 3.8) is 0 Å². The number of likely N-dealkylation sites (tertiary alicyclic amines) is 2. The van der Waals surface area contributed by atoms with E-state index in [4.69, 9.17) is 26.9 Å². The predicted octanol–water partition coefficient (Wildman–Crippen LogP) is 8.60. The zero-order valence-electron chi connectivity index (χ0n) is 38.0. The van der Waals surface area contributed by atoms with Gasteiger partial charge in [-0.15, -0.1) is 12.3 Å². The number of alkyl carbamates (subject to hydrolysis) is 1. The number of rotatable bonds is 11. The average Bonchev–Trinajstić information content (AvgIpc) is 4.14. The van der Waals surface area contributed by atoms with E-state index in [1.165, 1.54) is 54.4 Å². The molecule has 11 heteroatoms. The van der Waals surface area contributed by atoms with Crippen LogP contribution < -0.4 is 11.1 Å². The van der Waals surface area contributed by atoms with Crippen LogP contribution in [0.15, 0.2) is 52.8 Å². The van der Waals surface area contributed by atoms with Crippen LogP contribution in [0.25, 0.3) is 11.6 Å². The Bertz CT molecular complexity index is 2320. The summed E-state index contributed by atoms with van der Waals surface area (Å²) in [6, 6.07) is -0.318. The van der Waals surface area contributed by atoms with Crippen LogP contribution in [-0.2, 0) is 16.0 Å². The van der Waals surface area contributed by atoms with Crippen molar-refractivity contribution in [3.8, 4) is 12.3 Å². The molecule has 2 amide bonds. The fourth-order valence-corrected chi connectivity index (χ4v) is 13.2. The number of nitrogens with two attached hydrogens (primary N) is 1. The topological polar surface area (TPSA) is 145 Å². The van der Waals surface area contributed by atoms with Crippen LogP contribution in [0.5, 0.6) is 0 Å². The molecule has 2 aliphatic heterocycles. The molecule has 0 radical (unpaired) electrons. The highest BCUT2D eigenvalue weighted by atomic mass is 16.5.